The van der Waals surface area contributed by atoms with Crippen LogP contribution >= 0.6 is 15.9 Å². The van der Waals surface area contributed by atoms with Crippen molar-refractivity contribution in [3.63, 3.8) is 0 Å². The van der Waals surface area contributed by atoms with Crippen LogP contribution in [0.5, 0.6) is 0 Å². The lowest BCUT2D eigenvalue weighted by Gasteiger charge is -2.26. The van der Waals surface area contributed by atoms with E-state index in [0.717, 1.165) is 6.54 Å². The standard InChI is InChI=1S/C12H19BrN4O2/c1-8(2)11(7-16(3)4)15-12-10(13)5-9(6-14-12)17(18)19/h5-6,8,11H,7H2,1-4H3,(H,14,15). The Balaban J connectivity index is 2.88. The van der Waals surface area contributed by atoms with Gasteiger partial charge in [0.1, 0.15) is 12.0 Å². The van der Waals surface area contributed by atoms with Crippen molar-refractivity contribution in [1.82, 2.24) is 9.88 Å². The molecule has 1 heterocycles. The topological polar surface area (TPSA) is 71.3 Å². The van der Waals surface area contributed by atoms with Gasteiger partial charge in [0.15, 0.2) is 0 Å². The zero-order valence-corrected chi connectivity index (χ0v) is 13.1. The Morgan fingerprint density at radius 2 is 2.16 bits per heavy atom. The maximum atomic E-state index is 10.7. The van der Waals surface area contributed by atoms with Crippen LogP contribution in [0.2, 0.25) is 0 Å². The van der Waals surface area contributed by atoms with Gasteiger partial charge in [0, 0.05) is 18.7 Å². The van der Waals surface area contributed by atoms with Crippen molar-refractivity contribution in [2.24, 2.45) is 5.92 Å². The third kappa shape index (κ3) is 4.76. The normalized spacial score (nSPS) is 12.8. The molecule has 1 atom stereocenters. The summed E-state index contributed by atoms with van der Waals surface area (Å²) < 4.78 is 0.603. The van der Waals surface area contributed by atoms with E-state index in [9.17, 15) is 10.1 Å². The van der Waals surface area contributed by atoms with Crippen LogP contribution in [0.3, 0.4) is 0 Å². The Labute approximate surface area is 121 Å². The Hall–Kier alpha value is -1.21. The summed E-state index contributed by atoms with van der Waals surface area (Å²) in [5.74, 6) is 1.05. The van der Waals surface area contributed by atoms with Crippen LogP contribution in [0.4, 0.5) is 11.5 Å². The van der Waals surface area contributed by atoms with Gasteiger partial charge in [0.05, 0.1) is 9.40 Å². The van der Waals surface area contributed by atoms with Crippen molar-refractivity contribution in [3.05, 3.63) is 26.9 Å². The molecule has 106 valence electrons. The zero-order valence-electron chi connectivity index (χ0n) is 11.6. The van der Waals surface area contributed by atoms with Crippen LogP contribution in [0, 0.1) is 16.0 Å². The van der Waals surface area contributed by atoms with Crippen molar-refractivity contribution < 1.29 is 4.92 Å². The minimum absolute atomic E-state index is 0.0221. The summed E-state index contributed by atoms with van der Waals surface area (Å²) in [5.41, 5.74) is -0.0221. The Morgan fingerprint density at radius 3 is 2.58 bits per heavy atom. The third-order valence-corrected chi connectivity index (χ3v) is 3.33. The fraction of sp³-hybridized carbons (Fsp3) is 0.583. The molecule has 0 saturated heterocycles. The highest BCUT2D eigenvalue weighted by Gasteiger charge is 2.17. The molecule has 6 nitrogen and oxygen atoms in total. The molecule has 19 heavy (non-hydrogen) atoms. The molecular weight excluding hydrogens is 312 g/mol. The van der Waals surface area contributed by atoms with Gasteiger partial charge in [-0.25, -0.2) is 4.98 Å². The molecule has 1 aromatic heterocycles. The summed E-state index contributed by atoms with van der Waals surface area (Å²) >= 11 is 3.32. The number of hydrogen-bond acceptors (Lipinski definition) is 5. The number of nitro groups is 1. The number of nitrogens with zero attached hydrogens (tertiary/aromatic N) is 3. The molecule has 0 radical (unpaired) electrons. The fourth-order valence-corrected chi connectivity index (χ4v) is 2.08. The van der Waals surface area contributed by atoms with E-state index in [1.807, 2.05) is 14.1 Å². The second-order valence-electron chi connectivity index (χ2n) is 5.04. The molecule has 0 fully saturated rings. The lowest BCUT2D eigenvalue weighted by Crippen LogP contribution is -2.36. The van der Waals surface area contributed by atoms with Crippen molar-refractivity contribution >= 4 is 27.4 Å². The summed E-state index contributed by atoms with van der Waals surface area (Å²) in [5, 5.41) is 14.0. The first-order chi connectivity index (χ1) is 8.81. The molecule has 7 heteroatoms. The highest BCUT2D eigenvalue weighted by atomic mass is 79.9. The monoisotopic (exact) mass is 330 g/mol. The molecule has 1 N–H and O–H groups in total. The van der Waals surface area contributed by atoms with Gasteiger partial charge in [-0.1, -0.05) is 13.8 Å². The first kappa shape index (κ1) is 15.8. The lowest BCUT2D eigenvalue weighted by atomic mass is 10.0. The first-order valence-corrected chi connectivity index (χ1v) is 6.81. The molecule has 1 unspecified atom stereocenters. The van der Waals surface area contributed by atoms with E-state index in [2.05, 4.69) is 45.0 Å². The van der Waals surface area contributed by atoms with Gasteiger partial charge < -0.3 is 10.2 Å². The number of hydrogen-bond donors (Lipinski definition) is 1. The van der Waals surface area contributed by atoms with Gasteiger partial charge in [-0.3, -0.25) is 10.1 Å². The van der Waals surface area contributed by atoms with Crippen molar-refractivity contribution in [1.29, 1.82) is 0 Å². The van der Waals surface area contributed by atoms with Gasteiger partial charge in [-0.15, -0.1) is 0 Å². The van der Waals surface area contributed by atoms with Gasteiger partial charge in [-0.2, -0.15) is 0 Å². The van der Waals surface area contributed by atoms with Crippen molar-refractivity contribution in [2.45, 2.75) is 19.9 Å². The predicted molar refractivity (Wildman–Crippen MR) is 79.4 cm³/mol. The number of nitrogens with one attached hydrogen (secondary N) is 1. The summed E-state index contributed by atoms with van der Waals surface area (Å²) in [6.45, 7) is 5.11. The van der Waals surface area contributed by atoms with Gasteiger partial charge in [-0.05, 0) is 35.9 Å². The summed E-state index contributed by atoms with van der Waals surface area (Å²) in [6.07, 6.45) is 1.26. The van der Waals surface area contributed by atoms with Gasteiger partial charge in [0.25, 0.3) is 5.69 Å². The first-order valence-electron chi connectivity index (χ1n) is 6.02. The van der Waals surface area contributed by atoms with Crippen LogP contribution in [0.1, 0.15) is 13.8 Å². The second kappa shape index (κ2) is 6.81. The van der Waals surface area contributed by atoms with E-state index in [0.29, 0.717) is 16.2 Å². The molecule has 0 spiro atoms. The van der Waals surface area contributed by atoms with Gasteiger partial charge in [0.2, 0.25) is 0 Å². The highest BCUT2D eigenvalue weighted by molar-refractivity contribution is 9.10. The summed E-state index contributed by atoms with van der Waals surface area (Å²) in [7, 11) is 4.02. The van der Waals surface area contributed by atoms with E-state index in [1.165, 1.54) is 12.3 Å². The van der Waals surface area contributed by atoms with Crippen molar-refractivity contribution in [2.75, 3.05) is 26.0 Å². The largest absolute Gasteiger partial charge is 0.365 e. The van der Waals surface area contributed by atoms with E-state index >= 15 is 0 Å². The summed E-state index contributed by atoms with van der Waals surface area (Å²) in [4.78, 5) is 16.4. The molecule has 0 aromatic carbocycles. The minimum Gasteiger partial charge on any atom is -0.365 e. The molecule has 0 saturated carbocycles. The van der Waals surface area contributed by atoms with Crippen LogP contribution in [0.25, 0.3) is 0 Å². The fourth-order valence-electron chi connectivity index (χ4n) is 1.63. The number of halogens is 1. The molecule has 1 rings (SSSR count). The van der Waals surface area contributed by atoms with E-state index in [4.69, 9.17) is 0 Å². The van der Waals surface area contributed by atoms with Crippen LogP contribution in [0.15, 0.2) is 16.7 Å². The third-order valence-electron chi connectivity index (χ3n) is 2.73. The number of aromatic nitrogens is 1. The molecule has 0 aliphatic rings. The number of pyridine rings is 1. The molecule has 0 aliphatic carbocycles. The Kier molecular flexibility index (Phi) is 5.68. The average molecular weight is 331 g/mol. The minimum atomic E-state index is -0.457. The second-order valence-corrected chi connectivity index (χ2v) is 5.89. The van der Waals surface area contributed by atoms with E-state index < -0.39 is 4.92 Å². The van der Waals surface area contributed by atoms with Crippen molar-refractivity contribution in [3.8, 4) is 0 Å². The van der Waals surface area contributed by atoms with Gasteiger partial charge >= 0.3 is 0 Å². The Bertz CT molecular complexity index is 451. The van der Waals surface area contributed by atoms with Crippen LogP contribution in [-0.2, 0) is 0 Å². The highest BCUT2D eigenvalue weighted by Crippen LogP contribution is 2.25. The molecular formula is C12H19BrN4O2. The molecule has 1 aromatic rings. The van der Waals surface area contributed by atoms with Crippen LogP contribution in [-0.4, -0.2) is 41.5 Å². The quantitative estimate of drug-likeness (QED) is 0.641. The maximum absolute atomic E-state index is 10.7. The zero-order chi connectivity index (χ0) is 14.6. The molecule has 0 amide bonds. The molecule has 0 aliphatic heterocycles. The lowest BCUT2D eigenvalue weighted by molar-refractivity contribution is -0.385. The smallest absolute Gasteiger partial charge is 0.288 e. The Morgan fingerprint density at radius 1 is 1.53 bits per heavy atom. The SMILES string of the molecule is CC(C)C(CN(C)C)Nc1ncc([N+](=O)[O-])cc1Br. The average Bonchev–Trinajstić information content (AvgIpc) is 2.29. The maximum Gasteiger partial charge on any atom is 0.288 e. The number of likely N-dealkylation sites (N-methyl/N-ethyl adjacent to an activating group) is 1. The predicted octanol–water partition coefficient (Wildman–Crippen LogP) is 2.75. The molecule has 0 bridgehead atoms. The van der Waals surface area contributed by atoms with E-state index in [-0.39, 0.29) is 11.7 Å². The summed E-state index contributed by atoms with van der Waals surface area (Å²) in [6, 6.07) is 1.68. The van der Waals surface area contributed by atoms with E-state index in [1.54, 1.807) is 0 Å². The number of anilines is 1. The number of rotatable bonds is 6. The van der Waals surface area contributed by atoms with Crippen LogP contribution < -0.4 is 5.32 Å².